The molecule has 0 radical (unpaired) electrons. The number of hydrogen-bond donors (Lipinski definition) is 1. The molecule has 1 heterocycles. The van der Waals surface area contributed by atoms with Crippen LogP contribution >= 0.6 is 0 Å². The first-order chi connectivity index (χ1) is 9.68. The summed E-state index contributed by atoms with van der Waals surface area (Å²) in [6, 6.07) is 11.5. The number of benzene rings is 1. The Balaban J connectivity index is 1.84. The summed E-state index contributed by atoms with van der Waals surface area (Å²) in [5.41, 5.74) is 1.27. The van der Waals surface area contributed by atoms with Crippen LogP contribution in [0.1, 0.15) is 35.2 Å². The number of aromatic nitrogens is 1. The maximum Gasteiger partial charge on any atom is 0.254 e. The van der Waals surface area contributed by atoms with Gasteiger partial charge >= 0.3 is 0 Å². The van der Waals surface area contributed by atoms with Crippen LogP contribution in [0.15, 0.2) is 48.8 Å². The van der Waals surface area contributed by atoms with Crippen LogP contribution in [0, 0.1) is 5.82 Å². The Hall–Kier alpha value is -2.23. The Morgan fingerprint density at radius 2 is 2.05 bits per heavy atom. The van der Waals surface area contributed by atoms with Crippen molar-refractivity contribution >= 4 is 5.91 Å². The molecule has 1 atom stereocenters. The fraction of sp³-hybridized carbons (Fsp3) is 0.250. The van der Waals surface area contributed by atoms with Crippen molar-refractivity contribution in [2.24, 2.45) is 0 Å². The third-order valence-corrected chi connectivity index (χ3v) is 3.25. The summed E-state index contributed by atoms with van der Waals surface area (Å²) in [5, 5.41) is 2.73. The molecule has 0 spiro atoms. The largest absolute Gasteiger partial charge is 0.352 e. The van der Waals surface area contributed by atoms with Gasteiger partial charge in [0, 0.05) is 12.7 Å². The minimum absolute atomic E-state index is 0.0346. The first-order valence-corrected chi connectivity index (χ1v) is 6.61. The molecule has 20 heavy (non-hydrogen) atoms. The molecule has 1 aromatic heterocycles. The maximum absolute atomic E-state index is 13.4. The highest BCUT2D eigenvalue weighted by Crippen LogP contribution is 2.17. The molecule has 104 valence electrons. The minimum atomic E-state index is -0.596. The summed E-state index contributed by atoms with van der Waals surface area (Å²) in [7, 11) is 0. The molecule has 4 heteroatoms. The molecular weight excluding hydrogens is 255 g/mol. The second-order valence-electron chi connectivity index (χ2n) is 4.71. The van der Waals surface area contributed by atoms with Gasteiger partial charge in [-0.15, -0.1) is 0 Å². The monoisotopic (exact) mass is 272 g/mol. The molecule has 1 unspecified atom stereocenters. The summed E-state index contributed by atoms with van der Waals surface area (Å²) < 4.78 is 13.4. The molecule has 0 saturated carbocycles. The molecule has 1 amide bonds. The van der Waals surface area contributed by atoms with Gasteiger partial charge in [-0.1, -0.05) is 37.3 Å². The van der Waals surface area contributed by atoms with E-state index in [4.69, 9.17) is 0 Å². The number of nitrogens with one attached hydrogen (secondary N) is 1. The van der Waals surface area contributed by atoms with Gasteiger partial charge in [0.25, 0.3) is 5.91 Å². The van der Waals surface area contributed by atoms with E-state index in [1.54, 1.807) is 0 Å². The summed E-state index contributed by atoms with van der Waals surface area (Å²) >= 11 is 0. The summed E-state index contributed by atoms with van der Waals surface area (Å²) in [6.07, 6.45) is 3.26. The molecule has 3 nitrogen and oxygen atoms in total. The highest BCUT2D eigenvalue weighted by atomic mass is 19.1. The number of nitrogens with zero attached hydrogens (tertiary/aromatic N) is 1. The third-order valence-electron chi connectivity index (χ3n) is 3.25. The Morgan fingerprint density at radius 1 is 1.30 bits per heavy atom. The van der Waals surface area contributed by atoms with Crippen LogP contribution in [-0.4, -0.2) is 17.4 Å². The van der Waals surface area contributed by atoms with Crippen molar-refractivity contribution in [1.29, 1.82) is 0 Å². The van der Waals surface area contributed by atoms with Crippen molar-refractivity contribution in [3.05, 3.63) is 65.7 Å². The van der Waals surface area contributed by atoms with Crippen molar-refractivity contribution in [2.75, 3.05) is 6.54 Å². The van der Waals surface area contributed by atoms with Crippen LogP contribution in [0.3, 0.4) is 0 Å². The zero-order valence-corrected chi connectivity index (χ0v) is 11.3. The van der Waals surface area contributed by atoms with Crippen molar-refractivity contribution in [3.63, 3.8) is 0 Å². The fourth-order valence-corrected chi connectivity index (χ4v) is 2.01. The van der Waals surface area contributed by atoms with Crippen LogP contribution in [0.5, 0.6) is 0 Å². The lowest BCUT2D eigenvalue weighted by molar-refractivity contribution is 0.0948. The van der Waals surface area contributed by atoms with Crippen molar-refractivity contribution in [1.82, 2.24) is 10.3 Å². The van der Waals surface area contributed by atoms with Gasteiger partial charge in [-0.25, -0.2) is 4.39 Å². The lowest BCUT2D eigenvalue weighted by atomic mass is 9.98. The summed E-state index contributed by atoms with van der Waals surface area (Å²) in [4.78, 5) is 15.4. The van der Waals surface area contributed by atoms with Crippen molar-refractivity contribution in [2.45, 2.75) is 19.3 Å². The lowest BCUT2D eigenvalue weighted by Gasteiger charge is -2.12. The molecule has 0 saturated heterocycles. The zero-order chi connectivity index (χ0) is 14.4. The van der Waals surface area contributed by atoms with E-state index >= 15 is 0 Å². The Kier molecular flexibility index (Phi) is 4.82. The third kappa shape index (κ3) is 3.63. The fourth-order valence-electron chi connectivity index (χ4n) is 2.01. The second kappa shape index (κ2) is 6.80. The number of hydrogen-bond acceptors (Lipinski definition) is 2. The predicted molar refractivity (Wildman–Crippen MR) is 76.0 cm³/mol. The molecule has 2 rings (SSSR count). The Morgan fingerprint density at radius 3 is 2.75 bits per heavy atom. The highest BCUT2D eigenvalue weighted by Gasteiger charge is 2.11. The van der Waals surface area contributed by atoms with Crippen LogP contribution in [0.25, 0.3) is 0 Å². The first-order valence-electron chi connectivity index (χ1n) is 6.61. The topological polar surface area (TPSA) is 42.0 Å². The van der Waals surface area contributed by atoms with E-state index in [9.17, 15) is 9.18 Å². The summed E-state index contributed by atoms with van der Waals surface area (Å²) in [6.45, 7) is 2.62. The number of halogens is 1. The number of carbonyl (C=O) groups is 1. The van der Waals surface area contributed by atoms with Crippen molar-refractivity contribution in [3.8, 4) is 0 Å². The molecule has 2 aromatic rings. The smallest absolute Gasteiger partial charge is 0.254 e. The van der Waals surface area contributed by atoms with E-state index in [1.165, 1.54) is 17.8 Å². The molecule has 0 bridgehead atoms. The molecular formula is C16H17FN2O. The van der Waals surface area contributed by atoms with Gasteiger partial charge < -0.3 is 5.32 Å². The Labute approximate surface area is 117 Å². The number of pyridine rings is 1. The van der Waals surface area contributed by atoms with Crippen LogP contribution in [0.2, 0.25) is 0 Å². The normalized spacial score (nSPS) is 11.9. The highest BCUT2D eigenvalue weighted by molar-refractivity contribution is 5.94. The maximum atomic E-state index is 13.4. The standard InChI is InChI=1S/C16H17FN2O/c1-12(13-5-3-2-4-6-13)7-10-19-16(20)14-8-9-18-11-15(14)17/h2-6,8-9,11-12H,7,10H2,1H3,(H,19,20). The minimum Gasteiger partial charge on any atom is -0.352 e. The van der Waals surface area contributed by atoms with Crippen LogP contribution in [-0.2, 0) is 0 Å². The molecule has 0 aliphatic carbocycles. The van der Waals surface area contributed by atoms with Crippen LogP contribution in [0.4, 0.5) is 4.39 Å². The molecule has 0 aliphatic rings. The van der Waals surface area contributed by atoms with E-state index in [0.29, 0.717) is 12.5 Å². The van der Waals surface area contributed by atoms with E-state index in [2.05, 4.69) is 29.4 Å². The van der Waals surface area contributed by atoms with Gasteiger partial charge in [0.05, 0.1) is 11.8 Å². The van der Waals surface area contributed by atoms with Gasteiger partial charge in [-0.2, -0.15) is 0 Å². The molecule has 1 aromatic carbocycles. The first kappa shape index (κ1) is 14.2. The van der Waals surface area contributed by atoms with E-state index in [1.807, 2.05) is 18.2 Å². The van der Waals surface area contributed by atoms with Gasteiger partial charge in [-0.3, -0.25) is 9.78 Å². The lowest BCUT2D eigenvalue weighted by Crippen LogP contribution is -2.26. The average Bonchev–Trinajstić information content (AvgIpc) is 2.48. The number of rotatable bonds is 5. The summed E-state index contributed by atoms with van der Waals surface area (Å²) in [5.74, 6) is -0.648. The van der Waals surface area contributed by atoms with Gasteiger partial charge in [0.2, 0.25) is 0 Å². The Bertz CT molecular complexity index is 572. The van der Waals surface area contributed by atoms with Crippen LogP contribution < -0.4 is 5.32 Å². The average molecular weight is 272 g/mol. The number of carbonyl (C=O) groups excluding carboxylic acids is 1. The number of amides is 1. The predicted octanol–water partition coefficient (Wildman–Crippen LogP) is 3.14. The van der Waals surface area contributed by atoms with Gasteiger partial charge in [0.1, 0.15) is 0 Å². The van der Waals surface area contributed by atoms with Gasteiger partial charge in [0.15, 0.2) is 5.82 Å². The molecule has 0 fully saturated rings. The zero-order valence-electron chi connectivity index (χ0n) is 11.3. The van der Waals surface area contributed by atoms with E-state index in [0.717, 1.165) is 12.6 Å². The van der Waals surface area contributed by atoms with E-state index < -0.39 is 11.7 Å². The molecule has 0 aliphatic heterocycles. The van der Waals surface area contributed by atoms with Gasteiger partial charge in [-0.05, 0) is 24.0 Å². The second-order valence-corrected chi connectivity index (χ2v) is 4.71. The SMILES string of the molecule is CC(CCNC(=O)c1ccncc1F)c1ccccc1. The molecule has 1 N–H and O–H groups in total. The van der Waals surface area contributed by atoms with E-state index in [-0.39, 0.29) is 5.56 Å². The quantitative estimate of drug-likeness (QED) is 0.908. The van der Waals surface area contributed by atoms with Crippen molar-refractivity contribution < 1.29 is 9.18 Å².